The molecule has 1 aromatic heterocycles. The lowest BCUT2D eigenvalue weighted by Crippen LogP contribution is -2.32. The normalized spacial score (nSPS) is 14.3. The number of aromatic nitrogens is 2. The summed E-state index contributed by atoms with van der Waals surface area (Å²) in [6.45, 7) is 4.90. The van der Waals surface area contributed by atoms with Crippen molar-refractivity contribution in [3.8, 4) is 16.3 Å². The fraction of sp³-hybridized carbons (Fsp3) is 0.391. The minimum Gasteiger partial charge on any atom is -0.496 e. The van der Waals surface area contributed by atoms with Gasteiger partial charge < -0.3 is 9.64 Å². The van der Waals surface area contributed by atoms with Crippen molar-refractivity contribution in [3.05, 3.63) is 58.1 Å². The zero-order chi connectivity index (χ0) is 20.4. The molecule has 1 heterocycles. The predicted molar refractivity (Wildman–Crippen MR) is 121 cm³/mol. The van der Waals surface area contributed by atoms with Crippen molar-refractivity contribution < 1.29 is 4.74 Å². The number of halogens is 1. The first-order chi connectivity index (χ1) is 14.1. The summed E-state index contributed by atoms with van der Waals surface area (Å²) >= 11 is 8.11. The number of anilines is 1. The van der Waals surface area contributed by atoms with E-state index in [0.29, 0.717) is 6.04 Å². The van der Waals surface area contributed by atoms with Gasteiger partial charge in [0.2, 0.25) is 5.13 Å². The van der Waals surface area contributed by atoms with Crippen molar-refractivity contribution in [3.63, 3.8) is 0 Å². The average molecular weight is 428 g/mol. The van der Waals surface area contributed by atoms with Crippen LogP contribution in [0, 0.1) is 13.8 Å². The van der Waals surface area contributed by atoms with Crippen LogP contribution >= 0.6 is 22.9 Å². The number of benzene rings is 2. The van der Waals surface area contributed by atoms with Crippen LogP contribution in [0.1, 0.15) is 42.4 Å². The van der Waals surface area contributed by atoms with Crippen molar-refractivity contribution in [2.75, 3.05) is 12.0 Å². The summed E-state index contributed by atoms with van der Waals surface area (Å²) < 4.78 is 5.50. The summed E-state index contributed by atoms with van der Waals surface area (Å²) in [5.74, 6) is 0.935. The molecule has 0 saturated heterocycles. The third-order valence-electron chi connectivity index (χ3n) is 5.64. The minimum absolute atomic E-state index is 0.492. The van der Waals surface area contributed by atoms with Gasteiger partial charge in [0, 0.05) is 23.2 Å². The van der Waals surface area contributed by atoms with E-state index < -0.39 is 0 Å². The fourth-order valence-electron chi connectivity index (χ4n) is 4.22. The molecule has 0 amide bonds. The van der Waals surface area contributed by atoms with E-state index in [2.05, 4.69) is 47.1 Å². The quantitative estimate of drug-likeness (QED) is 0.454. The highest BCUT2D eigenvalue weighted by Gasteiger charge is 2.26. The van der Waals surface area contributed by atoms with E-state index in [4.69, 9.17) is 16.3 Å². The van der Waals surface area contributed by atoms with E-state index >= 15 is 0 Å². The van der Waals surface area contributed by atoms with Gasteiger partial charge in [-0.1, -0.05) is 54.0 Å². The molecule has 0 bridgehead atoms. The fourth-order valence-corrected chi connectivity index (χ4v) is 5.32. The molecule has 1 saturated carbocycles. The smallest absolute Gasteiger partial charge is 0.209 e. The first-order valence-corrected chi connectivity index (χ1v) is 11.3. The summed E-state index contributed by atoms with van der Waals surface area (Å²) in [5, 5.41) is 11.8. The average Bonchev–Trinajstić information content (AvgIpc) is 3.40. The van der Waals surface area contributed by atoms with Crippen molar-refractivity contribution in [2.24, 2.45) is 0 Å². The maximum Gasteiger partial charge on any atom is 0.209 e. The molecule has 4 rings (SSSR count). The van der Waals surface area contributed by atoms with Gasteiger partial charge in [-0.2, -0.15) is 0 Å². The lowest BCUT2D eigenvalue weighted by molar-refractivity contribution is 0.408. The molecule has 0 radical (unpaired) electrons. The monoisotopic (exact) mass is 427 g/mol. The summed E-state index contributed by atoms with van der Waals surface area (Å²) in [5.41, 5.74) is 4.45. The molecule has 4 nitrogen and oxygen atoms in total. The standard InChI is InChI=1S/C23H26ClN3OS/c1-15-12-18(13-16(2)21(15)28-3)22-25-26-23(29-22)27(19-9-5-6-10-19)14-17-8-4-7-11-20(17)24/h4,7-8,11-13,19H,5-6,9-10,14H2,1-3H3. The van der Waals surface area contributed by atoms with E-state index in [9.17, 15) is 0 Å². The van der Waals surface area contributed by atoms with Crippen LogP contribution in [0.4, 0.5) is 5.13 Å². The first kappa shape index (κ1) is 20.2. The highest BCUT2D eigenvalue weighted by atomic mass is 35.5. The maximum atomic E-state index is 6.46. The molecule has 1 aliphatic carbocycles. The Kier molecular flexibility index (Phi) is 6.07. The summed E-state index contributed by atoms with van der Waals surface area (Å²) in [4.78, 5) is 2.40. The molecule has 0 unspecified atom stereocenters. The molecule has 1 fully saturated rings. The molecule has 29 heavy (non-hydrogen) atoms. The molecular formula is C23H26ClN3OS. The van der Waals surface area contributed by atoms with Gasteiger partial charge >= 0.3 is 0 Å². The van der Waals surface area contributed by atoms with Gasteiger partial charge in [-0.05, 0) is 61.6 Å². The number of nitrogens with zero attached hydrogens (tertiary/aromatic N) is 3. The van der Waals surface area contributed by atoms with E-state index in [1.54, 1.807) is 18.4 Å². The van der Waals surface area contributed by atoms with Crippen LogP contribution in [0.2, 0.25) is 5.02 Å². The lowest BCUT2D eigenvalue weighted by Gasteiger charge is -2.28. The second kappa shape index (κ2) is 8.72. The van der Waals surface area contributed by atoms with Gasteiger partial charge in [0.15, 0.2) is 0 Å². The van der Waals surface area contributed by atoms with Crippen LogP contribution in [0.5, 0.6) is 5.75 Å². The molecule has 0 N–H and O–H groups in total. The summed E-state index contributed by atoms with van der Waals surface area (Å²) in [6.07, 6.45) is 4.93. The van der Waals surface area contributed by atoms with Crippen LogP contribution in [-0.4, -0.2) is 23.3 Å². The van der Waals surface area contributed by atoms with Crippen molar-refractivity contribution >= 4 is 28.1 Å². The molecule has 0 spiro atoms. The Morgan fingerprint density at radius 3 is 2.45 bits per heavy atom. The van der Waals surface area contributed by atoms with Crippen LogP contribution in [-0.2, 0) is 6.54 Å². The largest absolute Gasteiger partial charge is 0.496 e. The topological polar surface area (TPSA) is 38.3 Å². The van der Waals surface area contributed by atoms with E-state index in [1.165, 1.54) is 25.7 Å². The molecule has 1 aliphatic rings. The molecule has 3 aromatic rings. The molecule has 6 heteroatoms. The molecule has 0 aliphatic heterocycles. The Morgan fingerprint density at radius 1 is 1.10 bits per heavy atom. The Hall–Kier alpha value is -2.11. The number of ether oxygens (including phenoxy) is 1. The highest BCUT2D eigenvalue weighted by molar-refractivity contribution is 7.18. The minimum atomic E-state index is 0.492. The Bertz CT molecular complexity index is 974. The van der Waals surface area contributed by atoms with Gasteiger partial charge in [0.1, 0.15) is 10.8 Å². The van der Waals surface area contributed by atoms with Crippen molar-refractivity contribution in [1.82, 2.24) is 10.2 Å². The van der Waals surface area contributed by atoms with E-state index in [-0.39, 0.29) is 0 Å². The van der Waals surface area contributed by atoms with Crippen LogP contribution in [0.3, 0.4) is 0 Å². The third-order valence-corrected chi connectivity index (χ3v) is 7.01. The zero-order valence-electron chi connectivity index (χ0n) is 17.1. The number of hydrogen-bond donors (Lipinski definition) is 0. The van der Waals surface area contributed by atoms with Crippen LogP contribution in [0.25, 0.3) is 10.6 Å². The highest BCUT2D eigenvalue weighted by Crippen LogP contribution is 2.37. The Labute approximate surface area is 181 Å². The van der Waals surface area contributed by atoms with Gasteiger partial charge in [-0.3, -0.25) is 0 Å². The second-order valence-corrected chi connectivity index (χ2v) is 9.05. The molecular weight excluding hydrogens is 402 g/mol. The summed E-state index contributed by atoms with van der Waals surface area (Å²) in [7, 11) is 1.71. The van der Waals surface area contributed by atoms with Gasteiger partial charge in [-0.25, -0.2) is 0 Å². The van der Waals surface area contributed by atoms with Gasteiger partial charge in [-0.15, -0.1) is 10.2 Å². The summed E-state index contributed by atoms with van der Waals surface area (Å²) in [6, 6.07) is 12.8. The van der Waals surface area contributed by atoms with E-state index in [0.717, 1.165) is 49.7 Å². The SMILES string of the molecule is COc1c(C)cc(-c2nnc(N(Cc3ccccc3Cl)C3CCCC3)s2)cc1C. The number of hydrogen-bond acceptors (Lipinski definition) is 5. The van der Waals surface area contributed by atoms with Crippen LogP contribution < -0.4 is 9.64 Å². The predicted octanol–water partition coefficient (Wildman–Crippen LogP) is 6.43. The van der Waals surface area contributed by atoms with Gasteiger partial charge in [0.25, 0.3) is 0 Å². The Morgan fingerprint density at radius 2 is 1.79 bits per heavy atom. The molecule has 0 atom stereocenters. The van der Waals surface area contributed by atoms with Crippen LogP contribution in [0.15, 0.2) is 36.4 Å². The van der Waals surface area contributed by atoms with Crippen molar-refractivity contribution in [2.45, 2.75) is 52.1 Å². The Balaban J connectivity index is 1.66. The van der Waals surface area contributed by atoms with Crippen molar-refractivity contribution in [1.29, 1.82) is 0 Å². The molecule has 152 valence electrons. The second-order valence-electron chi connectivity index (χ2n) is 7.69. The number of methoxy groups -OCH3 is 1. The zero-order valence-corrected chi connectivity index (χ0v) is 18.7. The number of rotatable bonds is 6. The maximum absolute atomic E-state index is 6.46. The first-order valence-electron chi connectivity index (χ1n) is 10.1. The lowest BCUT2D eigenvalue weighted by atomic mass is 10.1. The third kappa shape index (κ3) is 4.26. The van der Waals surface area contributed by atoms with E-state index in [1.807, 2.05) is 18.2 Å². The number of aryl methyl sites for hydroxylation is 2. The molecule has 2 aromatic carbocycles. The van der Waals surface area contributed by atoms with Gasteiger partial charge in [0.05, 0.1) is 7.11 Å².